The van der Waals surface area contributed by atoms with Crippen LogP contribution in [0.2, 0.25) is 5.02 Å². The van der Waals surface area contributed by atoms with E-state index in [1.165, 1.54) is 6.07 Å². The zero-order chi connectivity index (χ0) is 25.9. The van der Waals surface area contributed by atoms with Crippen LogP contribution in [-0.4, -0.2) is 43.0 Å². The highest BCUT2D eigenvalue weighted by Crippen LogP contribution is 2.26. The number of aromatic nitrogens is 1. The lowest BCUT2D eigenvalue weighted by molar-refractivity contribution is 0.103. The summed E-state index contributed by atoms with van der Waals surface area (Å²) in [5.74, 6) is -2.62. The molecule has 1 aromatic heterocycles. The van der Waals surface area contributed by atoms with E-state index in [0.717, 1.165) is 44.0 Å². The number of piperazine rings is 1. The van der Waals surface area contributed by atoms with E-state index in [1.54, 1.807) is 42.6 Å². The minimum atomic E-state index is -1.04. The minimum Gasteiger partial charge on any atom is -0.368 e. The number of anilines is 3. The molecule has 0 bridgehead atoms. The fourth-order valence-electron chi connectivity index (χ4n) is 4.18. The van der Waals surface area contributed by atoms with E-state index in [9.17, 15) is 14.0 Å². The van der Waals surface area contributed by atoms with Crippen molar-refractivity contribution in [1.29, 1.82) is 0 Å². The molecule has 1 aliphatic heterocycles. The molecule has 7 nitrogen and oxygen atoms in total. The van der Waals surface area contributed by atoms with Gasteiger partial charge >= 0.3 is 6.03 Å². The van der Waals surface area contributed by atoms with Crippen molar-refractivity contribution in [2.75, 3.05) is 41.7 Å². The lowest BCUT2D eigenvalue weighted by Gasteiger charge is -2.29. The van der Waals surface area contributed by atoms with Crippen molar-refractivity contribution in [1.82, 2.24) is 10.3 Å². The Kier molecular flexibility index (Phi) is 6.98. The summed E-state index contributed by atoms with van der Waals surface area (Å²) in [6.45, 7) is 3.40. The Labute approximate surface area is 216 Å². The van der Waals surface area contributed by atoms with Gasteiger partial charge < -0.3 is 20.9 Å². The highest BCUT2D eigenvalue weighted by molar-refractivity contribution is 6.30. The molecule has 5 rings (SSSR count). The molecule has 0 unspecified atom stereocenters. The molecule has 188 valence electrons. The second-order valence-electron chi connectivity index (χ2n) is 8.57. The monoisotopic (exact) mass is 521 g/mol. The van der Waals surface area contributed by atoms with Gasteiger partial charge in [0.2, 0.25) is 0 Å². The quantitative estimate of drug-likeness (QED) is 0.304. The van der Waals surface area contributed by atoms with Crippen LogP contribution in [0.4, 0.5) is 30.6 Å². The molecule has 3 N–H and O–H groups in total. The van der Waals surface area contributed by atoms with E-state index in [0.29, 0.717) is 21.6 Å². The number of nitrogens with zero attached hydrogens (tertiary/aromatic N) is 2. The largest absolute Gasteiger partial charge is 0.368 e. The van der Waals surface area contributed by atoms with Crippen molar-refractivity contribution in [3.63, 3.8) is 0 Å². The van der Waals surface area contributed by atoms with Crippen LogP contribution >= 0.6 is 11.6 Å². The van der Waals surface area contributed by atoms with Gasteiger partial charge in [0.25, 0.3) is 0 Å². The highest BCUT2D eigenvalue weighted by atomic mass is 35.5. The third kappa shape index (κ3) is 5.52. The molecule has 2 amide bonds. The molecule has 0 radical (unpaired) electrons. The average molecular weight is 522 g/mol. The Morgan fingerprint density at radius 1 is 0.946 bits per heavy atom. The summed E-state index contributed by atoms with van der Waals surface area (Å²) in [5, 5.41) is 9.25. The summed E-state index contributed by atoms with van der Waals surface area (Å²) < 4.78 is 29.7. The van der Waals surface area contributed by atoms with Crippen molar-refractivity contribution in [2.24, 2.45) is 0 Å². The summed E-state index contributed by atoms with van der Waals surface area (Å²) in [5.41, 5.74) is 1.23. The van der Waals surface area contributed by atoms with Crippen LogP contribution < -0.4 is 20.9 Å². The molecular weight excluding hydrogens is 500 g/mol. The van der Waals surface area contributed by atoms with E-state index < -0.39 is 34.7 Å². The summed E-state index contributed by atoms with van der Waals surface area (Å²) in [7, 11) is 0. The van der Waals surface area contributed by atoms with E-state index in [-0.39, 0.29) is 5.56 Å². The molecular formula is C27H22ClF2N5O2. The van der Waals surface area contributed by atoms with Crippen molar-refractivity contribution >= 4 is 51.4 Å². The lowest BCUT2D eigenvalue weighted by atomic mass is 10.00. The summed E-state index contributed by atoms with van der Waals surface area (Å²) in [6, 6.07) is 13.8. The van der Waals surface area contributed by atoms with Crippen molar-refractivity contribution in [3.05, 3.63) is 94.6 Å². The normalized spacial score (nSPS) is 13.4. The first-order chi connectivity index (χ1) is 17.9. The van der Waals surface area contributed by atoms with Gasteiger partial charge in [-0.3, -0.25) is 9.78 Å². The van der Waals surface area contributed by atoms with Crippen LogP contribution in [0.3, 0.4) is 0 Å². The third-order valence-corrected chi connectivity index (χ3v) is 6.30. The van der Waals surface area contributed by atoms with Crippen molar-refractivity contribution in [2.45, 2.75) is 0 Å². The second-order valence-corrected chi connectivity index (χ2v) is 9.00. The minimum absolute atomic E-state index is 0.174. The van der Waals surface area contributed by atoms with E-state index >= 15 is 4.39 Å². The molecule has 1 saturated heterocycles. The highest BCUT2D eigenvalue weighted by Gasteiger charge is 2.21. The molecule has 0 saturated carbocycles. The molecule has 0 aliphatic carbocycles. The second kappa shape index (κ2) is 10.5. The number of rotatable bonds is 5. The van der Waals surface area contributed by atoms with Gasteiger partial charge in [-0.25, -0.2) is 13.6 Å². The van der Waals surface area contributed by atoms with Gasteiger partial charge in [-0.1, -0.05) is 11.6 Å². The van der Waals surface area contributed by atoms with Gasteiger partial charge in [-0.2, -0.15) is 0 Å². The first-order valence-corrected chi connectivity index (χ1v) is 12.0. The number of halogens is 3. The zero-order valence-corrected chi connectivity index (χ0v) is 20.3. The molecule has 37 heavy (non-hydrogen) atoms. The standard InChI is InChI=1S/C27H22ClF2N5O2/c28-18-2-4-20(5-3-18)33-27(37)34-24-14-19(29)13-22(25(24)30)26(36)16-1-6-23-17(11-16)12-21(15-32-23)35-9-7-31-8-10-35/h1-6,11-15,31H,7-10H2,(H2,33,34,37). The molecule has 3 aromatic carbocycles. The Morgan fingerprint density at radius 3 is 2.46 bits per heavy atom. The van der Waals surface area contributed by atoms with E-state index in [2.05, 4.69) is 25.8 Å². The number of hydrogen-bond donors (Lipinski definition) is 3. The Morgan fingerprint density at radius 2 is 1.70 bits per heavy atom. The number of urea groups is 1. The number of carbonyl (C=O) groups excluding carboxylic acids is 2. The molecule has 4 aromatic rings. The summed E-state index contributed by atoms with van der Waals surface area (Å²) in [4.78, 5) is 32.2. The van der Waals surface area contributed by atoms with Crippen LogP contribution in [0, 0.1) is 11.6 Å². The van der Waals surface area contributed by atoms with Crippen molar-refractivity contribution < 1.29 is 18.4 Å². The molecule has 0 spiro atoms. The number of fused-ring (bicyclic) bond motifs is 1. The smallest absolute Gasteiger partial charge is 0.323 e. The summed E-state index contributed by atoms with van der Waals surface area (Å²) >= 11 is 5.83. The van der Waals surface area contributed by atoms with Gasteiger partial charge in [-0.15, -0.1) is 0 Å². The van der Waals surface area contributed by atoms with Crippen LogP contribution in [0.15, 0.2) is 66.9 Å². The predicted molar refractivity (Wildman–Crippen MR) is 141 cm³/mol. The average Bonchev–Trinajstić information content (AvgIpc) is 2.91. The number of benzene rings is 3. The number of ketones is 1. The Bertz CT molecular complexity index is 1490. The van der Waals surface area contributed by atoms with E-state index in [4.69, 9.17) is 11.6 Å². The predicted octanol–water partition coefficient (Wildman–Crippen LogP) is 5.45. The Hall–Kier alpha value is -4.08. The van der Waals surface area contributed by atoms with Crippen LogP contribution in [0.1, 0.15) is 15.9 Å². The van der Waals surface area contributed by atoms with Gasteiger partial charge in [0, 0.05) is 53.9 Å². The van der Waals surface area contributed by atoms with Gasteiger partial charge in [-0.05, 0) is 54.6 Å². The fraction of sp³-hybridized carbons (Fsp3) is 0.148. The first-order valence-electron chi connectivity index (χ1n) is 11.6. The third-order valence-electron chi connectivity index (χ3n) is 6.04. The van der Waals surface area contributed by atoms with Crippen LogP contribution in [-0.2, 0) is 0 Å². The van der Waals surface area contributed by atoms with Crippen LogP contribution in [0.25, 0.3) is 10.9 Å². The topological polar surface area (TPSA) is 86.4 Å². The number of pyridine rings is 1. The SMILES string of the molecule is O=C(Nc1ccc(Cl)cc1)Nc1cc(F)cc(C(=O)c2ccc3ncc(N4CCNCC4)cc3c2)c1F. The van der Waals surface area contributed by atoms with Crippen LogP contribution in [0.5, 0.6) is 0 Å². The number of carbonyl (C=O) groups is 2. The summed E-state index contributed by atoms with van der Waals surface area (Å²) in [6.07, 6.45) is 1.79. The number of amides is 2. The van der Waals surface area contributed by atoms with Gasteiger partial charge in [0.15, 0.2) is 11.6 Å². The van der Waals surface area contributed by atoms with Gasteiger partial charge in [0.1, 0.15) is 5.82 Å². The number of hydrogen-bond acceptors (Lipinski definition) is 5. The molecule has 2 heterocycles. The van der Waals surface area contributed by atoms with Gasteiger partial charge in [0.05, 0.1) is 28.7 Å². The molecule has 1 fully saturated rings. The fourth-order valence-corrected chi connectivity index (χ4v) is 4.30. The molecule has 10 heteroatoms. The first kappa shape index (κ1) is 24.6. The maximum Gasteiger partial charge on any atom is 0.323 e. The van der Waals surface area contributed by atoms with Crippen molar-refractivity contribution in [3.8, 4) is 0 Å². The molecule has 1 aliphatic rings. The maximum atomic E-state index is 15.3. The van der Waals surface area contributed by atoms with E-state index in [1.807, 2.05) is 6.07 Å². The maximum absolute atomic E-state index is 15.3. The Balaban J connectivity index is 1.40. The zero-order valence-electron chi connectivity index (χ0n) is 19.5. The number of nitrogens with one attached hydrogen (secondary N) is 3. The molecule has 0 atom stereocenters. The lowest BCUT2D eigenvalue weighted by Crippen LogP contribution is -2.43.